The zero-order chi connectivity index (χ0) is 14.3. The van der Waals surface area contributed by atoms with Gasteiger partial charge in [0.05, 0.1) is 16.7 Å². The van der Waals surface area contributed by atoms with Gasteiger partial charge in [0, 0.05) is 0 Å². The van der Waals surface area contributed by atoms with E-state index in [0.717, 1.165) is 11.0 Å². The molecule has 0 aliphatic carbocycles. The highest BCUT2D eigenvalue weighted by atomic mass is 19.1. The predicted molar refractivity (Wildman–Crippen MR) is 68.7 cm³/mol. The summed E-state index contributed by atoms with van der Waals surface area (Å²) in [6.45, 7) is 0. The van der Waals surface area contributed by atoms with Gasteiger partial charge in [-0.3, -0.25) is 9.59 Å². The second-order valence-corrected chi connectivity index (χ2v) is 4.24. The summed E-state index contributed by atoms with van der Waals surface area (Å²) in [5.41, 5.74) is 0.0787. The third kappa shape index (κ3) is 1.52. The number of halogens is 1. The van der Waals surface area contributed by atoms with Crippen molar-refractivity contribution < 1.29 is 14.0 Å². The van der Waals surface area contributed by atoms with Crippen molar-refractivity contribution in [2.24, 2.45) is 0 Å². The maximum absolute atomic E-state index is 14.0. The van der Waals surface area contributed by atoms with Gasteiger partial charge in [0.1, 0.15) is 17.6 Å². The molecule has 2 amide bonds. The fraction of sp³-hybridized carbons (Fsp3) is 0. The van der Waals surface area contributed by atoms with Crippen molar-refractivity contribution in [3.05, 3.63) is 65.0 Å². The first-order valence-electron chi connectivity index (χ1n) is 5.81. The monoisotopic (exact) mass is 266 g/mol. The minimum Gasteiger partial charge on any atom is -0.268 e. The Balaban J connectivity index is 2.23. The lowest BCUT2D eigenvalue weighted by molar-refractivity contribution is 0.0924. The molecule has 0 unspecified atom stereocenters. The van der Waals surface area contributed by atoms with Gasteiger partial charge >= 0.3 is 0 Å². The lowest BCUT2D eigenvalue weighted by Gasteiger charge is -2.15. The van der Waals surface area contributed by atoms with Crippen LogP contribution in [0.5, 0.6) is 0 Å². The molecule has 3 rings (SSSR count). The molecule has 4 nitrogen and oxygen atoms in total. The first-order chi connectivity index (χ1) is 9.65. The van der Waals surface area contributed by atoms with E-state index in [1.54, 1.807) is 18.2 Å². The van der Waals surface area contributed by atoms with Crippen LogP contribution in [0.1, 0.15) is 26.3 Å². The molecule has 1 aliphatic rings. The van der Waals surface area contributed by atoms with Crippen LogP contribution < -0.4 is 4.90 Å². The number of imide groups is 1. The van der Waals surface area contributed by atoms with Crippen LogP contribution >= 0.6 is 0 Å². The molecule has 2 aromatic carbocycles. The fourth-order valence-corrected chi connectivity index (χ4v) is 2.23. The van der Waals surface area contributed by atoms with E-state index < -0.39 is 17.6 Å². The van der Waals surface area contributed by atoms with Crippen LogP contribution in [-0.4, -0.2) is 11.8 Å². The van der Waals surface area contributed by atoms with E-state index in [1.165, 1.54) is 24.3 Å². The molecule has 0 atom stereocenters. The first kappa shape index (κ1) is 12.1. The van der Waals surface area contributed by atoms with Crippen molar-refractivity contribution in [3.8, 4) is 6.07 Å². The summed E-state index contributed by atoms with van der Waals surface area (Å²) in [5, 5.41) is 9.03. The van der Waals surface area contributed by atoms with E-state index in [4.69, 9.17) is 5.26 Å². The standard InChI is InChI=1S/C15H7FN2O2/c16-12-7-3-4-9(8-17)13(12)18-14(19)10-5-1-2-6-11(10)15(18)20/h1-7H. The van der Waals surface area contributed by atoms with Crippen LogP contribution in [0.25, 0.3) is 0 Å². The normalized spacial score (nSPS) is 13.3. The highest BCUT2D eigenvalue weighted by Crippen LogP contribution is 2.32. The Hall–Kier alpha value is -3.00. The van der Waals surface area contributed by atoms with Gasteiger partial charge in [-0.15, -0.1) is 0 Å². The van der Waals surface area contributed by atoms with E-state index in [9.17, 15) is 14.0 Å². The molecule has 96 valence electrons. The van der Waals surface area contributed by atoms with Crippen LogP contribution in [0.4, 0.5) is 10.1 Å². The van der Waals surface area contributed by atoms with E-state index in [1.807, 2.05) is 0 Å². The topological polar surface area (TPSA) is 61.2 Å². The van der Waals surface area contributed by atoms with Crippen LogP contribution in [0.3, 0.4) is 0 Å². The molecule has 0 fully saturated rings. The molecule has 0 bridgehead atoms. The van der Waals surface area contributed by atoms with Gasteiger partial charge < -0.3 is 0 Å². The maximum atomic E-state index is 14.0. The Kier molecular flexibility index (Phi) is 2.58. The molecule has 1 aliphatic heterocycles. The van der Waals surface area contributed by atoms with Crippen molar-refractivity contribution in [1.82, 2.24) is 0 Å². The van der Waals surface area contributed by atoms with Crippen molar-refractivity contribution in [2.75, 3.05) is 4.90 Å². The van der Waals surface area contributed by atoms with Crippen molar-refractivity contribution in [3.63, 3.8) is 0 Å². The second kappa shape index (κ2) is 4.28. The predicted octanol–water partition coefficient (Wildman–Crippen LogP) is 2.50. The van der Waals surface area contributed by atoms with Crippen molar-refractivity contribution in [2.45, 2.75) is 0 Å². The zero-order valence-corrected chi connectivity index (χ0v) is 10.1. The number of carbonyl (C=O) groups excluding carboxylic acids is 2. The largest absolute Gasteiger partial charge is 0.268 e. The number of amides is 2. The SMILES string of the molecule is N#Cc1cccc(F)c1N1C(=O)c2ccccc2C1=O. The number of hydrogen-bond acceptors (Lipinski definition) is 3. The Bertz CT molecular complexity index is 758. The number of benzene rings is 2. The number of anilines is 1. The summed E-state index contributed by atoms with van der Waals surface area (Å²) >= 11 is 0. The zero-order valence-electron chi connectivity index (χ0n) is 10.1. The van der Waals surface area contributed by atoms with E-state index in [-0.39, 0.29) is 22.4 Å². The average molecular weight is 266 g/mol. The molecule has 0 N–H and O–H groups in total. The van der Waals surface area contributed by atoms with Gasteiger partial charge in [-0.25, -0.2) is 9.29 Å². The third-order valence-electron chi connectivity index (χ3n) is 3.12. The smallest absolute Gasteiger partial charge is 0.266 e. The molecular weight excluding hydrogens is 259 g/mol. The Labute approximate surface area is 113 Å². The minimum absolute atomic E-state index is 0.0560. The number of nitrogens with zero attached hydrogens (tertiary/aromatic N) is 2. The summed E-state index contributed by atoms with van der Waals surface area (Å²) in [7, 11) is 0. The Morgan fingerprint density at radius 1 is 0.950 bits per heavy atom. The first-order valence-corrected chi connectivity index (χ1v) is 5.81. The molecule has 0 aromatic heterocycles. The molecule has 5 heteroatoms. The number of rotatable bonds is 1. The summed E-state index contributed by atoms with van der Waals surface area (Å²) in [6, 6.07) is 11.9. The molecule has 20 heavy (non-hydrogen) atoms. The summed E-state index contributed by atoms with van der Waals surface area (Å²) < 4.78 is 14.0. The van der Waals surface area contributed by atoms with E-state index in [2.05, 4.69) is 0 Å². The van der Waals surface area contributed by atoms with Crippen LogP contribution in [0.15, 0.2) is 42.5 Å². The Morgan fingerprint density at radius 2 is 1.55 bits per heavy atom. The van der Waals surface area contributed by atoms with Gasteiger partial charge in [-0.2, -0.15) is 5.26 Å². The number of fused-ring (bicyclic) bond motifs is 1. The van der Waals surface area contributed by atoms with Crippen LogP contribution in [0, 0.1) is 17.1 Å². The third-order valence-corrected chi connectivity index (χ3v) is 3.12. The molecular formula is C15H7FN2O2. The van der Waals surface area contributed by atoms with Gasteiger partial charge in [0.15, 0.2) is 0 Å². The van der Waals surface area contributed by atoms with E-state index >= 15 is 0 Å². The quantitative estimate of drug-likeness (QED) is 0.745. The van der Waals surface area contributed by atoms with Gasteiger partial charge in [0.2, 0.25) is 0 Å². The van der Waals surface area contributed by atoms with Gasteiger partial charge in [-0.05, 0) is 24.3 Å². The van der Waals surface area contributed by atoms with Gasteiger partial charge in [-0.1, -0.05) is 18.2 Å². The molecule has 0 radical (unpaired) electrons. The summed E-state index contributed by atoms with van der Waals surface area (Å²) in [5.74, 6) is -2.02. The lowest BCUT2D eigenvalue weighted by atomic mass is 10.1. The van der Waals surface area contributed by atoms with Crippen molar-refractivity contribution in [1.29, 1.82) is 5.26 Å². The number of carbonyl (C=O) groups is 2. The fourth-order valence-electron chi connectivity index (χ4n) is 2.23. The van der Waals surface area contributed by atoms with Crippen LogP contribution in [0.2, 0.25) is 0 Å². The van der Waals surface area contributed by atoms with Crippen molar-refractivity contribution >= 4 is 17.5 Å². The number of nitriles is 1. The van der Waals surface area contributed by atoms with Crippen LogP contribution in [-0.2, 0) is 0 Å². The highest BCUT2D eigenvalue weighted by Gasteiger charge is 2.38. The maximum Gasteiger partial charge on any atom is 0.266 e. The molecule has 0 spiro atoms. The molecule has 0 saturated carbocycles. The second-order valence-electron chi connectivity index (χ2n) is 4.24. The summed E-state index contributed by atoms with van der Waals surface area (Å²) in [6.07, 6.45) is 0. The minimum atomic E-state index is -0.779. The van der Waals surface area contributed by atoms with E-state index in [0.29, 0.717) is 0 Å². The average Bonchev–Trinajstić information content (AvgIpc) is 2.72. The lowest BCUT2D eigenvalue weighted by Crippen LogP contribution is -2.31. The Morgan fingerprint density at radius 3 is 2.10 bits per heavy atom. The highest BCUT2D eigenvalue weighted by molar-refractivity contribution is 6.34. The molecule has 2 aromatic rings. The van der Waals surface area contributed by atoms with Gasteiger partial charge in [0.25, 0.3) is 11.8 Å². The number of hydrogen-bond donors (Lipinski definition) is 0. The molecule has 1 heterocycles. The number of para-hydroxylation sites is 1. The molecule has 0 saturated heterocycles. The summed E-state index contributed by atoms with van der Waals surface area (Å²) in [4.78, 5) is 25.2.